The Kier molecular flexibility index (Phi) is 9.47. The van der Waals surface area contributed by atoms with Gasteiger partial charge in [-0.2, -0.15) is 0 Å². The molecule has 1 aromatic carbocycles. The van der Waals surface area contributed by atoms with E-state index in [9.17, 15) is 19.2 Å². The van der Waals surface area contributed by atoms with Crippen LogP contribution >= 0.6 is 11.3 Å². The average Bonchev–Trinajstić information content (AvgIpc) is 3.48. The van der Waals surface area contributed by atoms with Crippen LogP contribution in [0.3, 0.4) is 0 Å². The Morgan fingerprint density at radius 2 is 1.73 bits per heavy atom. The van der Waals surface area contributed by atoms with Gasteiger partial charge in [-0.25, -0.2) is 9.78 Å². The van der Waals surface area contributed by atoms with Gasteiger partial charge in [0.2, 0.25) is 11.8 Å². The number of carbonyl (C=O) groups is 4. The minimum absolute atomic E-state index is 0.0158. The number of thiazole rings is 1. The normalized spacial score (nSPS) is 19.2. The monoisotopic (exact) mass is 582 g/mol. The van der Waals surface area contributed by atoms with Gasteiger partial charge in [0.25, 0.3) is 5.91 Å². The molecule has 10 heteroatoms. The van der Waals surface area contributed by atoms with Crippen LogP contribution in [0.2, 0.25) is 0 Å². The molecule has 2 atom stereocenters. The summed E-state index contributed by atoms with van der Waals surface area (Å²) in [6.45, 7) is 15.5. The molecule has 41 heavy (non-hydrogen) atoms. The number of nitrogens with one attached hydrogen (secondary N) is 1. The lowest BCUT2D eigenvalue weighted by Crippen LogP contribution is -2.56. The summed E-state index contributed by atoms with van der Waals surface area (Å²) in [5.41, 5.74) is 4.34. The lowest BCUT2D eigenvalue weighted by atomic mass is 9.85. The number of hydrogen-bond acceptors (Lipinski definition) is 7. The number of nitrogens with zero attached hydrogens (tertiary/aromatic N) is 2. The van der Waals surface area contributed by atoms with E-state index in [0.29, 0.717) is 10.6 Å². The second-order valence-corrected chi connectivity index (χ2v) is 13.8. The minimum Gasteiger partial charge on any atom is -0.458 e. The van der Waals surface area contributed by atoms with Crippen LogP contribution in [-0.2, 0) is 24.5 Å². The Bertz CT molecular complexity index is 1300. The molecule has 0 saturated carbocycles. The number of aromatic nitrogens is 1. The van der Waals surface area contributed by atoms with E-state index in [1.54, 1.807) is 50.6 Å². The maximum absolute atomic E-state index is 14.5. The molecule has 3 rings (SSSR count). The van der Waals surface area contributed by atoms with Crippen molar-refractivity contribution in [2.75, 3.05) is 6.54 Å². The lowest BCUT2D eigenvalue weighted by molar-refractivity contribution is -0.166. The first-order valence-electron chi connectivity index (χ1n) is 13.8. The topological polar surface area (TPSA) is 132 Å². The highest BCUT2D eigenvalue weighted by molar-refractivity contribution is 7.09. The van der Waals surface area contributed by atoms with Crippen LogP contribution in [0.4, 0.5) is 0 Å². The predicted molar refractivity (Wildman–Crippen MR) is 159 cm³/mol. The first-order valence-corrected chi connectivity index (χ1v) is 14.7. The van der Waals surface area contributed by atoms with Gasteiger partial charge in [0.05, 0.1) is 0 Å². The van der Waals surface area contributed by atoms with Crippen molar-refractivity contribution in [2.45, 2.75) is 90.8 Å². The van der Waals surface area contributed by atoms with E-state index in [4.69, 9.17) is 10.5 Å². The van der Waals surface area contributed by atoms with Gasteiger partial charge in [0.1, 0.15) is 16.7 Å². The van der Waals surface area contributed by atoms with E-state index in [0.717, 1.165) is 5.56 Å². The number of benzene rings is 1. The number of esters is 1. The third kappa shape index (κ3) is 7.41. The van der Waals surface area contributed by atoms with E-state index in [-0.39, 0.29) is 36.3 Å². The summed E-state index contributed by atoms with van der Waals surface area (Å²) < 4.78 is 5.93. The number of hydrogen-bond donors (Lipinski definition) is 2. The number of amides is 3. The highest BCUT2D eigenvalue weighted by atomic mass is 32.1. The fraction of sp³-hybridized carbons (Fsp3) is 0.516. The van der Waals surface area contributed by atoms with Crippen LogP contribution in [-0.4, -0.2) is 51.3 Å². The van der Waals surface area contributed by atoms with E-state index < -0.39 is 40.9 Å². The fourth-order valence-electron chi connectivity index (χ4n) is 4.92. The summed E-state index contributed by atoms with van der Waals surface area (Å²) in [6.07, 6.45) is 3.33. The van der Waals surface area contributed by atoms with Crippen molar-refractivity contribution in [3.05, 3.63) is 63.6 Å². The number of primary amides is 1. The Morgan fingerprint density at radius 1 is 1.10 bits per heavy atom. The molecule has 1 aliphatic heterocycles. The second-order valence-electron chi connectivity index (χ2n) is 12.9. The Labute approximate surface area is 246 Å². The zero-order valence-corrected chi connectivity index (χ0v) is 26.1. The highest BCUT2D eigenvalue weighted by Crippen LogP contribution is 2.47. The molecule has 9 nitrogen and oxygen atoms in total. The first kappa shape index (κ1) is 32.0. The van der Waals surface area contributed by atoms with Gasteiger partial charge >= 0.3 is 5.97 Å². The quantitative estimate of drug-likeness (QED) is 0.413. The van der Waals surface area contributed by atoms with Crippen LogP contribution in [0.5, 0.6) is 0 Å². The third-order valence-electron chi connectivity index (χ3n) is 6.67. The molecule has 0 saturated heterocycles. The van der Waals surface area contributed by atoms with Crippen LogP contribution in [0, 0.1) is 5.92 Å². The van der Waals surface area contributed by atoms with Gasteiger partial charge in [-0.15, -0.1) is 11.3 Å². The Balaban J connectivity index is 2.24. The van der Waals surface area contributed by atoms with E-state index in [1.165, 1.54) is 16.2 Å². The van der Waals surface area contributed by atoms with Crippen LogP contribution in [0.1, 0.15) is 95.2 Å². The standard InChI is InChI=1S/C31H42N4O5S/c1-19(2)17-31(28(39)40-30(6,7)8)18-22(25(37)33-14-13-23(32)36)24(26-34-15-16-41-26)35(31)27(38)20-9-11-21(12-10-20)29(3,4)5/h9-12,15-16,18-19,24H,13-14,17H2,1-8H3,(H2,32,36)(H,33,37)/t24-,31+/m1/s1. The molecule has 0 aliphatic carbocycles. The SMILES string of the molecule is CC(C)C[C@@]1(C(=O)OC(C)(C)C)C=C(C(=O)NCCC(N)=O)[C@H](c2nccs2)N1C(=O)c1ccc(C(C)(C)C)cc1. The molecule has 0 unspecified atom stereocenters. The summed E-state index contributed by atoms with van der Waals surface area (Å²) in [5.74, 6) is -2.16. The molecule has 222 valence electrons. The second kappa shape index (κ2) is 12.1. The maximum Gasteiger partial charge on any atom is 0.336 e. The van der Waals surface area contributed by atoms with Gasteiger partial charge in [-0.05, 0) is 62.3 Å². The highest BCUT2D eigenvalue weighted by Gasteiger charge is 2.57. The van der Waals surface area contributed by atoms with Crippen molar-refractivity contribution in [3.8, 4) is 0 Å². The summed E-state index contributed by atoms with van der Waals surface area (Å²) in [7, 11) is 0. The predicted octanol–water partition coefficient (Wildman–Crippen LogP) is 4.68. The largest absolute Gasteiger partial charge is 0.458 e. The molecule has 1 aromatic heterocycles. The summed E-state index contributed by atoms with van der Waals surface area (Å²) in [5, 5.41) is 4.97. The molecule has 0 fully saturated rings. The first-order chi connectivity index (χ1) is 19.0. The van der Waals surface area contributed by atoms with Crippen molar-refractivity contribution < 1.29 is 23.9 Å². The van der Waals surface area contributed by atoms with Gasteiger partial charge in [0, 0.05) is 35.7 Å². The molecule has 2 heterocycles. The minimum atomic E-state index is -1.59. The van der Waals surface area contributed by atoms with Crippen LogP contribution < -0.4 is 11.1 Å². The van der Waals surface area contributed by atoms with Crippen molar-refractivity contribution in [1.29, 1.82) is 0 Å². The number of nitrogens with two attached hydrogens (primary N) is 1. The Morgan fingerprint density at radius 3 is 2.22 bits per heavy atom. The lowest BCUT2D eigenvalue weighted by Gasteiger charge is -2.41. The smallest absolute Gasteiger partial charge is 0.336 e. The Hall–Kier alpha value is -3.53. The van der Waals surface area contributed by atoms with Crippen molar-refractivity contribution in [1.82, 2.24) is 15.2 Å². The van der Waals surface area contributed by atoms with Gasteiger partial charge in [0.15, 0.2) is 5.54 Å². The fourth-order valence-corrected chi connectivity index (χ4v) is 5.66. The molecule has 0 spiro atoms. The summed E-state index contributed by atoms with van der Waals surface area (Å²) >= 11 is 1.28. The van der Waals surface area contributed by atoms with Gasteiger partial charge < -0.3 is 20.7 Å². The number of rotatable bonds is 9. The van der Waals surface area contributed by atoms with E-state index >= 15 is 0 Å². The van der Waals surface area contributed by atoms with E-state index in [1.807, 2.05) is 26.0 Å². The summed E-state index contributed by atoms with van der Waals surface area (Å²) in [4.78, 5) is 59.6. The zero-order chi connectivity index (χ0) is 30.8. The maximum atomic E-state index is 14.5. The molecule has 3 N–H and O–H groups in total. The van der Waals surface area contributed by atoms with Crippen molar-refractivity contribution >= 4 is 35.0 Å². The van der Waals surface area contributed by atoms with Crippen molar-refractivity contribution in [2.24, 2.45) is 11.7 Å². The van der Waals surface area contributed by atoms with E-state index in [2.05, 4.69) is 31.1 Å². The van der Waals surface area contributed by atoms with Gasteiger partial charge in [-0.3, -0.25) is 14.4 Å². The molecule has 3 amide bonds. The molecule has 2 aromatic rings. The average molecular weight is 583 g/mol. The van der Waals surface area contributed by atoms with Crippen LogP contribution in [0.15, 0.2) is 47.5 Å². The molecule has 1 aliphatic rings. The number of carbonyl (C=O) groups excluding carboxylic acids is 4. The van der Waals surface area contributed by atoms with Crippen LogP contribution in [0.25, 0.3) is 0 Å². The summed E-state index contributed by atoms with van der Waals surface area (Å²) in [6, 6.07) is 6.36. The molecule has 0 bridgehead atoms. The molecular formula is C31H42N4O5S. The molecule has 0 radical (unpaired) electrons. The third-order valence-corrected chi connectivity index (χ3v) is 7.50. The number of ether oxygens (including phenoxy) is 1. The zero-order valence-electron chi connectivity index (χ0n) is 25.2. The molecular weight excluding hydrogens is 540 g/mol. The van der Waals surface area contributed by atoms with Gasteiger partial charge in [-0.1, -0.05) is 46.8 Å². The van der Waals surface area contributed by atoms with Crippen molar-refractivity contribution in [3.63, 3.8) is 0 Å².